The molecule has 8 heteroatoms. The molecule has 0 N–H and O–H groups in total. The Morgan fingerprint density at radius 1 is 1.24 bits per heavy atom. The molecule has 0 unspecified atom stereocenters. The first-order valence-electron chi connectivity index (χ1n) is 7.56. The highest BCUT2D eigenvalue weighted by Gasteiger charge is 2.14. The van der Waals surface area contributed by atoms with E-state index in [-0.39, 0.29) is 23.8 Å². The van der Waals surface area contributed by atoms with Crippen molar-refractivity contribution in [2.45, 2.75) is 20.4 Å². The maximum absolute atomic E-state index is 13.0. The number of hydrogen-bond donors (Lipinski definition) is 0. The second-order valence-electron chi connectivity index (χ2n) is 5.66. The Morgan fingerprint density at radius 2 is 2.00 bits per heavy atom. The lowest BCUT2D eigenvalue weighted by atomic mass is 10.2. The van der Waals surface area contributed by atoms with Crippen LogP contribution in [0, 0.1) is 19.7 Å². The van der Waals surface area contributed by atoms with Crippen molar-refractivity contribution in [3.8, 4) is 11.5 Å². The van der Waals surface area contributed by atoms with Gasteiger partial charge >= 0.3 is 0 Å². The van der Waals surface area contributed by atoms with Crippen molar-refractivity contribution in [1.82, 2.24) is 19.7 Å². The van der Waals surface area contributed by atoms with E-state index in [1.165, 1.54) is 34.4 Å². The highest BCUT2D eigenvalue weighted by molar-refractivity contribution is 7.18. The summed E-state index contributed by atoms with van der Waals surface area (Å²) in [6.45, 7) is 4.04. The van der Waals surface area contributed by atoms with Crippen molar-refractivity contribution >= 4 is 21.6 Å². The van der Waals surface area contributed by atoms with Crippen LogP contribution in [0.4, 0.5) is 4.39 Å². The quantitative estimate of drug-likeness (QED) is 0.563. The molecule has 0 atom stereocenters. The molecule has 0 radical (unpaired) electrons. The van der Waals surface area contributed by atoms with Gasteiger partial charge in [0.1, 0.15) is 10.6 Å². The van der Waals surface area contributed by atoms with Gasteiger partial charge in [0.25, 0.3) is 11.4 Å². The first-order chi connectivity index (χ1) is 12.0. The van der Waals surface area contributed by atoms with Gasteiger partial charge in [-0.3, -0.25) is 9.36 Å². The van der Waals surface area contributed by atoms with Gasteiger partial charge in [0.15, 0.2) is 5.82 Å². The summed E-state index contributed by atoms with van der Waals surface area (Å²) >= 11 is 1.51. The maximum atomic E-state index is 13.0. The molecule has 3 heterocycles. The van der Waals surface area contributed by atoms with Crippen LogP contribution in [0.3, 0.4) is 0 Å². The van der Waals surface area contributed by atoms with Crippen molar-refractivity contribution < 1.29 is 8.91 Å². The van der Waals surface area contributed by atoms with Crippen LogP contribution >= 0.6 is 11.3 Å². The monoisotopic (exact) mass is 356 g/mol. The minimum Gasteiger partial charge on any atom is -0.334 e. The largest absolute Gasteiger partial charge is 0.334 e. The molecule has 0 aliphatic rings. The SMILES string of the molecule is Cc1sc2ncn(Cc3noc(-c4ccc(F)cc4)n3)c(=O)c2c1C. The van der Waals surface area contributed by atoms with Crippen molar-refractivity contribution in [2.75, 3.05) is 0 Å². The topological polar surface area (TPSA) is 73.8 Å². The summed E-state index contributed by atoms with van der Waals surface area (Å²) in [4.78, 5) is 23.1. The van der Waals surface area contributed by atoms with E-state index in [1.54, 1.807) is 12.1 Å². The number of thiophene rings is 1. The van der Waals surface area contributed by atoms with Gasteiger partial charge in [0, 0.05) is 10.4 Å². The van der Waals surface area contributed by atoms with Gasteiger partial charge in [-0.05, 0) is 43.7 Å². The Morgan fingerprint density at radius 3 is 2.76 bits per heavy atom. The molecule has 0 spiro atoms. The molecule has 0 aliphatic carbocycles. The van der Waals surface area contributed by atoms with Gasteiger partial charge in [0.05, 0.1) is 18.3 Å². The van der Waals surface area contributed by atoms with Gasteiger partial charge in [-0.15, -0.1) is 11.3 Å². The molecule has 0 amide bonds. The van der Waals surface area contributed by atoms with E-state index in [0.717, 1.165) is 15.3 Å². The number of nitrogens with zero attached hydrogens (tertiary/aromatic N) is 4. The third-order valence-corrected chi connectivity index (χ3v) is 5.14. The predicted octanol–water partition coefficient (Wildman–Crippen LogP) is 3.31. The first kappa shape index (κ1) is 15.6. The summed E-state index contributed by atoms with van der Waals surface area (Å²) in [5, 5.41) is 4.53. The zero-order valence-electron chi connectivity index (χ0n) is 13.5. The normalized spacial score (nSPS) is 11.3. The fourth-order valence-corrected chi connectivity index (χ4v) is 3.55. The van der Waals surface area contributed by atoms with E-state index in [4.69, 9.17) is 4.52 Å². The van der Waals surface area contributed by atoms with Crippen LogP contribution < -0.4 is 5.56 Å². The summed E-state index contributed by atoms with van der Waals surface area (Å²) in [5.41, 5.74) is 1.44. The van der Waals surface area contributed by atoms with E-state index in [2.05, 4.69) is 15.1 Å². The minimum atomic E-state index is -0.337. The number of aromatic nitrogens is 4. The predicted molar refractivity (Wildman–Crippen MR) is 92.1 cm³/mol. The Labute approximate surface area is 145 Å². The summed E-state index contributed by atoms with van der Waals surface area (Å²) in [6.07, 6.45) is 1.49. The third kappa shape index (κ3) is 2.74. The third-order valence-electron chi connectivity index (χ3n) is 4.03. The summed E-state index contributed by atoms with van der Waals surface area (Å²) in [6, 6.07) is 5.76. The molecular weight excluding hydrogens is 343 g/mol. The van der Waals surface area contributed by atoms with Crippen LogP contribution in [0.1, 0.15) is 16.3 Å². The van der Waals surface area contributed by atoms with Gasteiger partial charge in [-0.2, -0.15) is 4.98 Å². The number of hydrogen-bond acceptors (Lipinski definition) is 6. The van der Waals surface area contributed by atoms with E-state index in [9.17, 15) is 9.18 Å². The molecule has 0 fully saturated rings. The van der Waals surface area contributed by atoms with Crippen molar-refractivity contribution in [1.29, 1.82) is 0 Å². The Balaban J connectivity index is 1.68. The molecule has 25 heavy (non-hydrogen) atoms. The van der Waals surface area contributed by atoms with E-state index < -0.39 is 0 Å². The molecule has 6 nitrogen and oxygen atoms in total. The fraction of sp³-hybridized carbons (Fsp3) is 0.176. The zero-order chi connectivity index (χ0) is 17.6. The summed E-state index contributed by atoms with van der Waals surface area (Å²) in [7, 11) is 0. The second kappa shape index (κ2) is 5.89. The average molecular weight is 356 g/mol. The standard InChI is InChI=1S/C17H13FN4O2S/c1-9-10(2)25-16-14(9)17(23)22(8-19-16)7-13-20-15(24-21-13)11-3-5-12(18)6-4-11/h3-6,8H,7H2,1-2H3. The molecular formula is C17H13FN4O2S. The molecule has 0 bridgehead atoms. The summed E-state index contributed by atoms with van der Waals surface area (Å²) in [5.74, 6) is 0.294. The number of halogens is 1. The van der Waals surface area contributed by atoms with Crippen LogP contribution in [0.2, 0.25) is 0 Å². The molecule has 4 rings (SSSR count). The lowest BCUT2D eigenvalue weighted by Crippen LogP contribution is -2.21. The van der Waals surface area contributed by atoms with Gasteiger partial charge in [0.2, 0.25) is 0 Å². The number of benzene rings is 1. The average Bonchev–Trinajstić information content (AvgIpc) is 3.17. The van der Waals surface area contributed by atoms with E-state index in [0.29, 0.717) is 16.8 Å². The number of aryl methyl sites for hydroxylation is 2. The van der Waals surface area contributed by atoms with Crippen LogP contribution in [0.5, 0.6) is 0 Å². The van der Waals surface area contributed by atoms with Gasteiger partial charge in [-0.25, -0.2) is 9.37 Å². The van der Waals surface area contributed by atoms with Crippen LogP contribution in [0.25, 0.3) is 21.7 Å². The fourth-order valence-electron chi connectivity index (χ4n) is 2.56. The molecule has 0 aliphatic heterocycles. The minimum absolute atomic E-state index is 0.125. The molecule has 126 valence electrons. The molecule has 3 aromatic heterocycles. The van der Waals surface area contributed by atoms with Crippen LogP contribution in [-0.2, 0) is 6.54 Å². The second-order valence-corrected chi connectivity index (χ2v) is 6.87. The first-order valence-corrected chi connectivity index (χ1v) is 8.38. The number of fused-ring (bicyclic) bond motifs is 1. The van der Waals surface area contributed by atoms with Crippen LogP contribution in [0.15, 0.2) is 39.9 Å². The zero-order valence-corrected chi connectivity index (χ0v) is 14.3. The number of rotatable bonds is 3. The highest BCUT2D eigenvalue weighted by atomic mass is 32.1. The molecule has 4 aromatic rings. The van der Waals surface area contributed by atoms with Crippen molar-refractivity contribution in [3.05, 3.63) is 63.0 Å². The van der Waals surface area contributed by atoms with Crippen molar-refractivity contribution in [2.24, 2.45) is 0 Å². The molecule has 0 saturated carbocycles. The Bertz CT molecular complexity index is 1130. The van der Waals surface area contributed by atoms with Crippen LogP contribution in [-0.4, -0.2) is 19.7 Å². The Kier molecular flexibility index (Phi) is 3.69. The smallest absolute Gasteiger partial charge is 0.262 e. The summed E-state index contributed by atoms with van der Waals surface area (Å²) < 4.78 is 19.7. The lowest BCUT2D eigenvalue weighted by Gasteiger charge is -2.01. The molecule has 1 aromatic carbocycles. The lowest BCUT2D eigenvalue weighted by molar-refractivity contribution is 0.420. The van der Waals surface area contributed by atoms with E-state index >= 15 is 0 Å². The molecule has 0 saturated heterocycles. The van der Waals surface area contributed by atoms with Gasteiger partial charge in [-0.1, -0.05) is 5.16 Å². The van der Waals surface area contributed by atoms with E-state index in [1.807, 2.05) is 13.8 Å². The highest BCUT2D eigenvalue weighted by Crippen LogP contribution is 2.25. The maximum Gasteiger partial charge on any atom is 0.262 e. The van der Waals surface area contributed by atoms with Gasteiger partial charge < -0.3 is 4.52 Å². The van der Waals surface area contributed by atoms with Crippen molar-refractivity contribution in [3.63, 3.8) is 0 Å². The Hall–Kier alpha value is -2.87.